The molecule has 1 aliphatic heterocycles. The number of alkyl halides is 3. The number of H-pyrrole nitrogens is 2. The molecule has 1 aliphatic rings. The van der Waals surface area contributed by atoms with E-state index >= 15 is 0 Å². The minimum Gasteiger partial charge on any atom is -0.475 e. The fraction of sp³-hybridized carbons (Fsp3) is 0.182. The van der Waals surface area contributed by atoms with Gasteiger partial charge in [0, 0.05) is 47.0 Å². The summed E-state index contributed by atoms with van der Waals surface area (Å²) in [4.78, 5) is 38.7. The Kier molecular flexibility index (Phi) is 5.62. The van der Waals surface area contributed by atoms with E-state index in [-0.39, 0.29) is 5.91 Å². The zero-order valence-corrected chi connectivity index (χ0v) is 17.3. The molecule has 1 aromatic carbocycles. The second-order valence-corrected chi connectivity index (χ2v) is 7.35. The second-order valence-electron chi connectivity index (χ2n) is 7.35. The molecule has 3 aromatic heterocycles. The van der Waals surface area contributed by atoms with Gasteiger partial charge in [0.05, 0.1) is 5.52 Å². The maximum Gasteiger partial charge on any atom is 0.490 e. The highest BCUT2D eigenvalue weighted by atomic mass is 19.4. The van der Waals surface area contributed by atoms with Crippen LogP contribution in [0.3, 0.4) is 0 Å². The van der Waals surface area contributed by atoms with Crippen molar-refractivity contribution in [2.24, 2.45) is 0 Å². The molecular weight excluding hydrogens is 439 g/mol. The Morgan fingerprint density at radius 1 is 1.09 bits per heavy atom. The van der Waals surface area contributed by atoms with Gasteiger partial charge in [0.2, 0.25) is 0 Å². The highest BCUT2D eigenvalue weighted by Crippen LogP contribution is 2.29. The summed E-state index contributed by atoms with van der Waals surface area (Å²) in [6.07, 6.45) is 0.716. The van der Waals surface area contributed by atoms with Gasteiger partial charge in [0.25, 0.3) is 5.91 Å². The Labute approximate surface area is 184 Å². The van der Waals surface area contributed by atoms with Crippen LogP contribution in [0.15, 0.2) is 48.7 Å². The predicted octanol–water partition coefficient (Wildman–Crippen LogP) is 4.06. The molecule has 0 bridgehead atoms. The minimum absolute atomic E-state index is 0.0588. The number of aliphatic carboxylic acids is 1. The number of carboxylic acids is 1. The summed E-state index contributed by atoms with van der Waals surface area (Å²) < 4.78 is 31.7. The number of fused-ring (bicyclic) bond motifs is 2. The van der Waals surface area contributed by atoms with Crippen LogP contribution in [0.1, 0.15) is 16.2 Å². The smallest absolute Gasteiger partial charge is 0.475 e. The molecule has 11 heteroatoms. The van der Waals surface area contributed by atoms with Crippen molar-refractivity contribution >= 4 is 33.9 Å². The number of nitrogens with one attached hydrogen (secondary N) is 2. The van der Waals surface area contributed by atoms with E-state index in [0.717, 1.165) is 33.5 Å². The summed E-state index contributed by atoms with van der Waals surface area (Å²) in [6.45, 7) is 3.28. The van der Waals surface area contributed by atoms with E-state index in [9.17, 15) is 18.0 Å². The van der Waals surface area contributed by atoms with Crippen LogP contribution in [0.25, 0.3) is 33.3 Å². The van der Waals surface area contributed by atoms with Gasteiger partial charge in [-0.25, -0.2) is 14.8 Å². The third-order valence-electron chi connectivity index (χ3n) is 5.02. The van der Waals surface area contributed by atoms with Crippen LogP contribution in [0.2, 0.25) is 0 Å². The van der Waals surface area contributed by atoms with Crippen molar-refractivity contribution in [3.63, 3.8) is 0 Å². The zero-order chi connectivity index (χ0) is 23.8. The van der Waals surface area contributed by atoms with Crippen molar-refractivity contribution in [1.82, 2.24) is 24.8 Å². The highest BCUT2D eigenvalue weighted by Gasteiger charge is 2.38. The molecule has 4 heterocycles. The normalized spacial score (nSPS) is 13.4. The van der Waals surface area contributed by atoms with Gasteiger partial charge in [-0.3, -0.25) is 4.79 Å². The molecule has 170 valence electrons. The maximum atomic E-state index is 12.6. The van der Waals surface area contributed by atoms with Gasteiger partial charge in [-0.15, -0.1) is 0 Å². The number of carbonyl (C=O) groups is 2. The van der Waals surface area contributed by atoms with Crippen molar-refractivity contribution in [3.8, 4) is 11.3 Å². The lowest BCUT2D eigenvalue weighted by Gasteiger charge is -2.15. The van der Waals surface area contributed by atoms with E-state index in [1.54, 1.807) is 6.20 Å². The van der Waals surface area contributed by atoms with Crippen molar-refractivity contribution in [2.75, 3.05) is 13.1 Å². The van der Waals surface area contributed by atoms with Crippen LogP contribution in [-0.2, 0) is 4.79 Å². The molecule has 0 spiro atoms. The SMILES string of the molecule is Cc1nc2nccc(-c3cc4ccc(C(=O)N5CC=CC5)cc4[nH]3)c2[nH]1.O=C(O)C(F)(F)F. The summed E-state index contributed by atoms with van der Waals surface area (Å²) in [5.41, 5.74) is 5.25. The number of amides is 1. The molecule has 0 atom stereocenters. The first-order valence-electron chi connectivity index (χ1n) is 9.82. The molecule has 33 heavy (non-hydrogen) atoms. The molecule has 0 fully saturated rings. The lowest BCUT2D eigenvalue weighted by molar-refractivity contribution is -0.192. The molecule has 3 N–H and O–H groups in total. The average Bonchev–Trinajstić information content (AvgIpc) is 3.50. The van der Waals surface area contributed by atoms with E-state index < -0.39 is 12.1 Å². The fourth-order valence-corrected chi connectivity index (χ4v) is 3.48. The van der Waals surface area contributed by atoms with Crippen LogP contribution in [0.5, 0.6) is 0 Å². The Morgan fingerprint density at radius 3 is 2.45 bits per heavy atom. The lowest BCUT2D eigenvalue weighted by atomic mass is 10.1. The molecule has 0 radical (unpaired) electrons. The number of imidazole rings is 1. The van der Waals surface area contributed by atoms with E-state index in [1.807, 2.05) is 48.2 Å². The summed E-state index contributed by atoms with van der Waals surface area (Å²) in [5.74, 6) is -1.86. The molecule has 5 rings (SSSR count). The van der Waals surface area contributed by atoms with Crippen molar-refractivity contribution in [3.05, 3.63) is 60.1 Å². The maximum absolute atomic E-state index is 12.6. The van der Waals surface area contributed by atoms with Crippen LogP contribution in [-0.4, -0.2) is 61.1 Å². The van der Waals surface area contributed by atoms with Crippen molar-refractivity contribution in [2.45, 2.75) is 13.1 Å². The Morgan fingerprint density at radius 2 is 1.79 bits per heavy atom. The Balaban J connectivity index is 0.000000325. The number of aryl methyl sites for hydroxylation is 1. The predicted molar refractivity (Wildman–Crippen MR) is 115 cm³/mol. The van der Waals surface area contributed by atoms with Gasteiger partial charge in [-0.1, -0.05) is 18.2 Å². The summed E-state index contributed by atoms with van der Waals surface area (Å²) in [7, 11) is 0. The molecular formula is C22H18F3N5O3. The number of rotatable bonds is 2. The number of carbonyl (C=O) groups excluding carboxylic acids is 1. The summed E-state index contributed by atoms with van der Waals surface area (Å²) in [6, 6.07) is 9.86. The van der Waals surface area contributed by atoms with Gasteiger partial charge < -0.3 is 20.0 Å². The third kappa shape index (κ3) is 4.56. The first-order chi connectivity index (χ1) is 15.6. The molecule has 0 aliphatic carbocycles. The monoisotopic (exact) mass is 457 g/mol. The highest BCUT2D eigenvalue weighted by molar-refractivity contribution is 6.00. The Hall–Kier alpha value is -4.15. The number of halogens is 3. The average molecular weight is 457 g/mol. The van der Waals surface area contributed by atoms with Crippen LogP contribution >= 0.6 is 0 Å². The van der Waals surface area contributed by atoms with Gasteiger partial charge in [0.1, 0.15) is 5.82 Å². The lowest BCUT2D eigenvalue weighted by Crippen LogP contribution is -2.28. The third-order valence-corrected chi connectivity index (χ3v) is 5.02. The minimum atomic E-state index is -5.08. The number of pyridine rings is 1. The zero-order valence-electron chi connectivity index (χ0n) is 17.3. The fourth-order valence-electron chi connectivity index (χ4n) is 3.48. The first-order valence-corrected chi connectivity index (χ1v) is 9.82. The van der Waals surface area contributed by atoms with Crippen LogP contribution in [0.4, 0.5) is 13.2 Å². The quantitative estimate of drug-likeness (QED) is 0.393. The number of benzene rings is 1. The number of hydrogen-bond donors (Lipinski definition) is 3. The molecule has 4 aromatic rings. The van der Waals surface area contributed by atoms with E-state index in [0.29, 0.717) is 24.3 Å². The van der Waals surface area contributed by atoms with E-state index in [1.165, 1.54) is 0 Å². The molecule has 8 nitrogen and oxygen atoms in total. The van der Waals surface area contributed by atoms with Crippen molar-refractivity contribution < 1.29 is 27.9 Å². The molecule has 1 amide bonds. The number of carboxylic acid groups (broad SMARTS) is 1. The topological polar surface area (TPSA) is 115 Å². The van der Waals surface area contributed by atoms with Gasteiger partial charge in [-0.05, 0) is 31.2 Å². The van der Waals surface area contributed by atoms with Gasteiger partial charge in [0.15, 0.2) is 5.65 Å². The van der Waals surface area contributed by atoms with E-state index in [4.69, 9.17) is 9.90 Å². The second kappa shape index (κ2) is 8.41. The van der Waals surface area contributed by atoms with Gasteiger partial charge >= 0.3 is 12.1 Å². The first kappa shape index (κ1) is 22.1. The number of aromatic nitrogens is 4. The van der Waals surface area contributed by atoms with E-state index in [2.05, 4.69) is 26.0 Å². The van der Waals surface area contributed by atoms with Crippen molar-refractivity contribution in [1.29, 1.82) is 0 Å². The van der Waals surface area contributed by atoms with Gasteiger partial charge in [-0.2, -0.15) is 13.2 Å². The van der Waals surface area contributed by atoms with Crippen LogP contribution in [0, 0.1) is 6.92 Å². The number of hydrogen-bond acceptors (Lipinski definition) is 4. The molecule has 0 saturated heterocycles. The van der Waals surface area contributed by atoms with Crippen LogP contribution < -0.4 is 0 Å². The number of aromatic amines is 2. The molecule has 0 unspecified atom stereocenters. The Bertz CT molecular complexity index is 1380. The summed E-state index contributed by atoms with van der Waals surface area (Å²) >= 11 is 0. The number of nitrogens with zero attached hydrogens (tertiary/aromatic N) is 3. The molecule has 0 saturated carbocycles. The standard InChI is InChI=1S/C20H17N5O.C2HF3O2/c1-12-22-18-15(6-7-21-19(18)23-12)17-10-13-4-5-14(11-16(13)24-17)20(26)25-8-2-3-9-25;3-2(4,5)1(6)7/h2-7,10-11,24H,8-9H2,1H3,(H,21,22,23);(H,6,7). The summed E-state index contributed by atoms with van der Waals surface area (Å²) in [5, 5.41) is 8.19. The largest absolute Gasteiger partial charge is 0.490 e.